The zero-order valence-corrected chi connectivity index (χ0v) is 29.0. The van der Waals surface area contributed by atoms with Gasteiger partial charge in [0, 0.05) is 52.4 Å². The van der Waals surface area contributed by atoms with E-state index in [0.29, 0.717) is 62.0 Å². The molecule has 2 aromatic rings. The van der Waals surface area contributed by atoms with Crippen molar-refractivity contribution in [2.75, 3.05) is 65.4 Å². The van der Waals surface area contributed by atoms with Crippen LogP contribution in [0.15, 0.2) is 36.4 Å². The van der Waals surface area contributed by atoms with Gasteiger partial charge in [0.05, 0.1) is 49.0 Å². The molecule has 3 rings (SSSR count). The summed E-state index contributed by atoms with van der Waals surface area (Å²) >= 11 is 0. The third kappa shape index (κ3) is 14.8. The maximum Gasteiger partial charge on any atom is 0.320 e. The number of pyridine rings is 2. The van der Waals surface area contributed by atoms with Crippen LogP contribution in [0.5, 0.6) is 0 Å². The number of nitrogens with zero attached hydrogens (tertiary/aromatic N) is 6. The molecule has 1 aliphatic heterocycles. The lowest BCUT2D eigenvalue weighted by atomic mass is 10.2. The van der Waals surface area contributed by atoms with Crippen LogP contribution in [0, 0.1) is 0 Å². The number of hydrogen-bond acceptors (Lipinski definition) is 12. The maximum atomic E-state index is 12.9. The molecule has 0 spiro atoms. The highest BCUT2D eigenvalue weighted by Crippen LogP contribution is 2.18. The lowest BCUT2D eigenvalue weighted by molar-refractivity contribution is -0.158. The van der Waals surface area contributed by atoms with Crippen molar-refractivity contribution in [3.63, 3.8) is 0 Å². The van der Waals surface area contributed by atoms with Crippen molar-refractivity contribution in [3.8, 4) is 11.4 Å². The van der Waals surface area contributed by atoms with Gasteiger partial charge >= 0.3 is 23.9 Å². The van der Waals surface area contributed by atoms with E-state index in [-0.39, 0.29) is 39.3 Å². The molecule has 264 valence electrons. The summed E-state index contributed by atoms with van der Waals surface area (Å²) in [4.78, 5) is 66.3. The zero-order valence-electron chi connectivity index (χ0n) is 29.0. The molecular formula is C34H50N6O8. The van der Waals surface area contributed by atoms with Crippen molar-refractivity contribution >= 4 is 23.9 Å². The van der Waals surface area contributed by atoms with Crippen molar-refractivity contribution in [2.24, 2.45) is 0 Å². The summed E-state index contributed by atoms with van der Waals surface area (Å²) in [5.74, 6) is -2.83. The third-order valence-corrected chi connectivity index (χ3v) is 7.11. The molecule has 2 aromatic heterocycles. The minimum atomic E-state index is -0.990. The predicted octanol–water partition coefficient (Wildman–Crippen LogP) is 2.22. The van der Waals surface area contributed by atoms with E-state index in [1.165, 1.54) is 0 Å². The van der Waals surface area contributed by atoms with E-state index in [4.69, 9.17) is 19.4 Å². The molecular weight excluding hydrogens is 620 g/mol. The SMILES string of the molecule is CC(C)(C)OC(=O)CN1CCN(CC(=O)OC(C)(C)C)CCN(CC(=O)O)Cc2cccc(n2)-c2cccc(n2)CN(CC(=O)O)CC1. The number of aliphatic carboxylic acids is 2. The van der Waals surface area contributed by atoms with Crippen LogP contribution in [0.4, 0.5) is 0 Å². The molecule has 3 heterocycles. The van der Waals surface area contributed by atoms with Gasteiger partial charge in [0.2, 0.25) is 0 Å². The van der Waals surface area contributed by atoms with E-state index in [1.54, 1.807) is 51.3 Å². The highest BCUT2D eigenvalue weighted by molar-refractivity contribution is 5.73. The number of carboxylic acid groups (broad SMARTS) is 2. The summed E-state index contributed by atoms with van der Waals surface area (Å²) in [6, 6.07) is 11.0. The van der Waals surface area contributed by atoms with E-state index in [1.807, 2.05) is 46.2 Å². The minimum Gasteiger partial charge on any atom is -0.480 e. The zero-order chi connectivity index (χ0) is 35.5. The average Bonchev–Trinajstić information content (AvgIpc) is 2.94. The first-order valence-corrected chi connectivity index (χ1v) is 16.1. The number of carbonyl (C=O) groups excluding carboxylic acids is 2. The number of fused-ring (bicyclic) bond motifs is 5. The Morgan fingerprint density at radius 1 is 0.583 bits per heavy atom. The van der Waals surface area contributed by atoms with Gasteiger partial charge in [0.1, 0.15) is 11.2 Å². The maximum absolute atomic E-state index is 12.9. The van der Waals surface area contributed by atoms with E-state index < -0.39 is 35.1 Å². The topological polar surface area (TPSA) is 166 Å². The minimum absolute atomic E-state index is 0.0440. The number of ether oxygens (including phenoxy) is 2. The smallest absolute Gasteiger partial charge is 0.320 e. The number of hydrogen-bond donors (Lipinski definition) is 2. The Bertz CT molecular complexity index is 1300. The van der Waals surface area contributed by atoms with Gasteiger partial charge in [-0.05, 0) is 65.8 Å². The molecule has 0 aromatic carbocycles. The molecule has 14 heteroatoms. The van der Waals surface area contributed by atoms with Crippen molar-refractivity contribution in [1.82, 2.24) is 29.6 Å². The Kier molecular flexibility index (Phi) is 14.0. The summed E-state index contributed by atoms with van der Waals surface area (Å²) in [6.45, 7) is 12.7. The Hall–Kier alpha value is -3.98. The van der Waals surface area contributed by atoms with Gasteiger partial charge in [-0.1, -0.05) is 12.1 Å². The van der Waals surface area contributed by atoms with Crippen molar-refractivity contribution < 1.29 is 38.9 Å². The van der Waals surface area contributed by atoms with Gasteiger partial charge in [-0.2, -0.15) is 0 Å². The standard InChI is InChI=1S/C34H50N6O8/c1-33(2,3)47-31(45)23-37-13-14-38(24-32(46)48-34(4,5)6)16-18-40(22-30(43)44)20-26-10-8-12-28(36-26)27-11-7-9-25(35-27)19-39(17-15-37)21-29(41)42/h7-12H,13-24H2,1-6H3,(H,41,42)(H,43,44). The van der Waals surface area contributed by atoms with Crippen LogP contribution in [0.1, 0.15) is 52.9 Å². The number of carbonyl (C=O) groups is 4. The number of rotatable bonds is 8. The second-order valence-electron chi connectivity index (χ2n) is 14.0. The van der Waals surface area contributed by atoms with Gasteiger partial charge in [0.25, 0.3) is 0 Å². The number of carboxylic acids is 2. The van der Waals surface area contributed by atoms with Gasteiger partial charge < -0.3 is 19.7 Å². The molecule has 1 aliphatic rings. The van der Waals surface area contributed by atoms with Gasteiger partial charge in [-0.15, -0.1) is 0 Å². The summed E-state index contributed by atoms with van der Waals surface area (Å²) < 4.78 is 11.2. The molecule has 0 unspecified atom stereocenters. The fourth-order valence-electron chi connectivity index (χ4n) is 5.19. The molecule has 2 N–H and O–H groups in total. The Labute approximate surface area is 282 Å². The fraction of sp³-hybridized carbons (Fsp3) is 0.588. The van der Waals surface area contributed by atoms with Crippen LogP contribution in [-0.2, 0) is 41.7 Å². The molecule has 0 saturated carbocycles. The van der Waals surface area contributed by atoms with Crippen molar-refractivity contribution in [3.05, 3.63) is 47.8 Å². The highest BCUT2D eigenvalue weighted by atomic mass is 16.6. The first-order chi connectivity index (χ1) is 22.4. The predicted molar refractivity (Wildman–Crippen MR) is 178 cm³/mol. The van der Waals surface area contributed by atoms with Crippen LogP contribution in [0.25, 0.3) is 11.4 Å². The molecule has 0 aliphatic carbocycles. The Morgan fingerprint density at radius 3 is 1.23 bits per heavy atom. The van der Waals surface area contributed by atoms with Crippen LogP contribution in [0.2, 0.25) is 0 Å². The summed E-state index contributed by atoms with van der Waals surface area (Å²) in [6.07, 6.45) is 0. The van der Waals surface area contributed by atoms with Crippen LogP contribution in [-0.4, -0.2) is 140 Å². The summed E-state index contributed by atoms with van der Waals surface area (Å²) in [5.41, 5.74) is 1.12. The van der Waals surface area contributed by atoms with E-state index in [2.05, 4.69) is 0 Å². The average molecular weight is 671 g/mol. The molecule has 14 nitrogen and oxygen atoms in total. The summed E-state index contributed by atoms with van der Waals surface area (Å²) in [7, 11) is 0. The lowest BCUT2D eigenvalue weighted by Crippen LogP contribution is -2.46. The van der Waals surface area contributed by atoms with Crippen LogP contribution >= 0.6 is 0 Å². The fourth-order valence-corrected chi connectivity index (χ4v) is 5.19. The van der Waals surface area contributed by atoms with Crippen molar-refractivity contribution in [2.45, 2.75) is 65.8 Å². The Morgan fingerprint density at radius 2 is 0.917 bits per heavy atom. The van der Waals surface area contributed by atoms with Crippen molar-refractivity contribution in [1.29, 1.82) is 0 Å². The highest BCUT2D eigenvalue weighted by Gasteiger charge is 2.24. The van der Waals surface area contributed by atoms with E-state index >= 15 is 0 Å². The first kappa shape index (κ1) is 38.5. The quantitative estimate of drug-likeness (QED) is 0.393. The van der Waals surface area contributed by atoms with Gasteiger partial charge in [-0.3, -0.25) is 38.8 Å². The molecule has 48 heavy (non-hydrogen) atoms. The molecule has 0 fully saturated rings. The van der Waals surface area contributed by atoms with Gasteiger partial charge in [0.15, 0.2) is 0 Å². The van der Waals surface area contributed by atoms with E-state index in [0.717, 1.165) is 0 Å². The monoisotopic (exact) mass is 670 g/mol. The van der Waals surface area contributed by atoms with Crippen LogP contribution in [0.3, 0.4) is 0 Å². The third-order valence-electron chi connectivity index (χ3n) is 7.11. The lowest BCUT2D eigenvalue weighted by Gasteiger charge is -2.31. The van der Waals surface area contributed by atoms with E-state index in [9.17, 15) is 29.4 Å². The largest absolute Gasteiger partial charge is 0.480 e. The number of esters is 2. The number of aromatic nitrogens is 2. The van der Waals surface area contributed by atoms with Gasteiger partial charge in [-0.25, -0.2) is 9.97 Å². The second kappa shape index (κ2) is 17.4. The first-order valence-electron chi connectivity index (χ1n) is 16.1. The Balaban J connectivity index is 1.99. The molecule has 4 bridgehead atoms. The molecule has 0 amide bonds. The summed E-state index contributed by atoms with van der Waals surface area (Å²) in [5, 5.41) is 19.4. The van der Waals surface area contributed by atoms with Crippen LogP contribution < -0.4 is 0 Å². The molecule has 0 saturated heterocycles. The molecule has 0 radical (unpaired) electrons. The molecule has 0 atom stereocenters. The normalized spacial score (nSPS) is 16.8. The second-order valence-corrected chi connectivity index (χ2v) is 14.0.